The van der Waals surface area contributed by atoms with E-state index in [4.69, 9.17) is 11.6 Å². The van der Waals surface area contributed by atoms with Crippen LogP contribution in [0.4, 0.5) is 0 Å². The third kappa shape index (κ3) is 1.53. The van der Waals surface area contributed by atoms with Crippen LogP contribution in [0.1, 0.15) is 26.3 Å². The van der Waals surface area contributed by atoms with E-state index in [0.717, 1.165) is 11.4 Å². The van der Waals surface area contributed by atoms with E-state index in [1.54, 1.807) is 0 Å². The lowest BCUT2D eigenvalue weighted by Gasteiger charge is -2.12. The molecule has 1 unspecified atom stereocenters. The maximum Gasteiger partial charge on any atom is 0.0483 e. The molecule has 0 saturated heterocycles. The molecule has 1 aromatic carbocycles. The lowest BCUT2D eigenvalue weighted by atomic mass is 10.2. The summed E-state index contributed by atoms with van der Waals surface area (Å²) in [5.74, 6) is 0. The van der Waals surface area contributed by atoms with E-state index in [9.17, 15) is 0 Å². The minimum Gasteiger partial charge on any atom is -0.345 e. The fourth-order valence-corrected chi connectivity index (χ4v) is 1.90. The Labute approximate surface area is 89.3 Å². The SMILES string of the molecule is CCC(C)n1ccc2cc(Cl)ccc21. The molecule has 0 aliphatic carbocycles. The maximum atomic E-state index is 5.93. The predicted molar refractivity (Wildman–Crippen MR) is 62.0 cm³/mol. The molecule has 2 heteroatoms. The number of fused-ring (bicyclic) bond motifs is 1. The Morgan fingerprint density at radius 2 is 2.14 bits per heavy atom. The van der Waals surface area contributed by atoms with E-state index in [2.05, 4.69) is 36.7 Å². The Balaban J connectivity index is 2.58. The van der Waals surface area contributed by atoms with Crippen LogP contribution in [-0.4, -0.2) is 4.57 Å². The minimum atomic E-state index is 0.550. The van der Waals surface area contributed by atoms with Crippen molar-refractivity contribution in [1.29, 1.82) is 0 Å². The van der Waals surface area contributed by atoms with Crippen molar-refractivity contribution in [1.82, 2.24) is 4.57 Å². The number of hydrogen-bond donors (Lipinski definition) is 0. The van der Waals surface area contributed by atoms with Crippen LogP contribution < -0.4 is 0 Å². The van der Waals surface area contributed by atoms with Crippen molar-refractivity contribution in [3.63, 3.8) is 0 Å². The summed E-state index contributed by atoms with van der Waals surface area (Å²) in [5, 5.41) is 2.03. The molecule has 0 saturated carbocycles. The molecule has 0 N–H and O–H groups in total. The number of benzene rings is 1. The normalized spacial score (nSPS) is 13.4. The van der Waals surface area contributed by atoms with E-state index < -0.39 is 0 Å². The highest BCUT2D eigenvalue weighted by Crippen LogP contribution is 2.24. The Hall–Kier alpha value is -0.950. The highest BCUT2D eigenvalue weighted by Gasteiger charge is 2.05. The first kappa shape index (κ1) is 9.60. The van der Waals surface area contributed by atoms with Gasteiger partial charge in [0.2, 0.25) is 0 Å². The van der Waals surface area contributed by atoms with Gasteiger partial charge in [-0.2, -0.15) is 0 Å². The molecule has 0 bridgehead atoms. The average Bonchev–Trinajstić information content (AvgIpc) is 2.59. The standard InChI is InChI=1S/C12H14ClN/c1-3-9(2)14-7-6-10-8-11(13)4-5-12(10)14/h4-9H,3H2,1-2H3. The van der Waals surface area contributed by atoms with Gasteiger partial charge in [-0.3, -0.25) is 0 Å². The molecule has 0 radical (unpaired) electrons. The summed E-state index contributed by atoms with van der Waals surface area (Å²) in [5.41, 5.74) is 1.27. The van der Waals surface area contributed by atoms with Gasteiger partial charge in [0.15, 0.2) is 0 Å². The van der Waals surface area contributed by atoms with Gasteiger partial charge in [0.1, 0.15) is 0 Å². The highest BCUT2D eigenvalue weighted by molar-refractivity contribution is 6.31. The highest BCUT2D eigenvalue weighted by atomic mass is 35.5. The zero-order valence-electron chi connectivity index (χ0n) is 8.50. The average molecular weight is 208 g/mol. The molecule has 1 aromatic heterocycles. The van der Waals surface area contributed by atoms with Crippen LogP contribution in [0.15, 0.2) is 30.5 Å². The van der Waals surface area contributed by atoms with E-state index in [1.165, 1.54) is 10.9 Å². The summed E-state index contributed by atoms with van der Waals surface area (Å²) < 4.78 is 2.30. The van der Waals surface area contributed by atoms with Gasteiger partial charge < -0.3 is 4.57 Å². The monoisotopic (exact) mass is 207 g/mol. The van der Waals surface area contributed by atoms with Gasteiger partial charge in [-0.15, -0.1) is 0 Å². The van der Waals surface area contributed by atoms with Crippen LogP contribution in [0.5, 0.6) is 0 Å². The summed E-state index contributed by atoms with van der Waals surface area (Å²) in [6.45, 7) is 4.43. The topological polar surface area (TPSA) is 4.93 Å². The molecule has 14 heavy (non-hydrogen) atoms. The third-order valence-corrected chi connectivity index (χ3v) is 2.98. The van der Waals surface area contributed by atoms with Gasteiger partial charge in [-0.1, -0.05) is 18.5 Å². The fourth-order valence-electron chi connectivity index (χ4n) is 1.72. The third-order valence-electron chi connectivity index (χ3n) is 2.75. The second-order valence-electron chi connectivity index (χ2n) is 3.68. The summed E-state index contributed by atoms with van der Waals surface area (Å²) in [4.78, 5) is 0. The van der Waals surface area contributed by atoms with Crippen molar-refractivity contribution >= 4 is 22.5 Å². The zero-order valence-corrected chi connectivity index (χ0v) is 9.25. The molecule has 0 spiro atoms. The molecule has 0 aliphatic heterocycles. The van der Waals surface area contributed by atoms with E-state index in [-0.39, 0.29) is 0 Å². The molecule has 1 nitrogen and oxygen atoms in total. The molecule has 2 rings (SSSR count). The number of rotatable bonds is 2. The van der Waals surface area contributed by atoms with Crippen LogP contribution >= 0.6 is 11.6 Å². The molecule has 0 aliphatic rings. The Morgan fingerprint density at radius 3 is 2.86 bits per heavy atom. The van der Waals surface area contributed by atoms with Gasteiger partial charge in [-0.25, -0.2) is 0 Å². The van der Waals surface area contributed by atoms with E-state index in [1.807, 2.05) is 12.1 Å². The van der Waals surface area contributed by atoms with Gasteiger partial charge in [-0.05, 0) is 37.6 Å². The molecular formula is C12H14ClN. The van der Waals surface area contributed by atoms with Gasteiger partial charge in [0, 0.05) is 28.2 Å². The van der Waals surface area contributed by atoms with E-state index in [0.29, 0.717) is 6.04 Å². The first-order chi connectivity index (χ1) is 6.72. The fraction of sp³-hybridized carbons (Fsp3) is 0.333. The molecule has 74 valence electrons. The lowest BCUT2D eigenvalue weighted by molar-refractivity contribution is 0.548. The first-order valence-corrected chi connectivity index (χ1v) is 5.36. The lowest BCUT2D eigenvalue weighted by Crippen LogP contribution is -2.01. The molecule has 0 fully saturated rings. The quantitative estimate of drug-likeness (QED) is 0.693. The van der Waals surface area contributed by atoms with Crippen molar-refractivity contribution in [3.05, 3.63) is 35.5 Å². The second-order valence-corrected chi connectivity index (χ2v) is 4.12. The maximum absolute atomic E-state index is 5.93. The van der Waals surface area contributed by atoms with Crippen LogP contribution in [0.2, 0.25) is 5.02 Å². The van der Waals surface area contributed by atoms with Crippen LogP contribution in [0.25, 0.3) is 10.9 Å². The summed E-state index contributed by atoms with van der Waals surface area (Å²) in [6, 6.07) is 8.71. The van der Waals surface area contributed by atoms with Crippen molar-refractivity contribution in [2.24, 2.45) is 0 Å². The summed E-state index contributed by atoms with van der Waals surface area (Å²) >= 11 is 5.93. The Bertz CT molecular complexity index is 445. The van der Waals surface area contributed by atoms with Crippen LogP contribution in [0.3, 0.4) is 0 Å². The smallest absolute Gasteiger partial charge is 0.0483 e. The molecule has 1 heterocycles. The van der Waals surface area contributed by atoms with Crippen molar-refractivity contribution in [2.75, 3.05) is 0 Å². The van der Waals surface area contributed by atoms with Crippen LogP contribution in [0, 0.1) is 0 Å². The largest absolute Gasteiger partial charge is 0.345 e. The van der Waals surface area contributed by atoms with Crippen LogP contribution in [-0.2, 0) is 0 Å². The number of nitrogens with zero attached hydrogens (tertiary/aromatic N) is 1. The number of aromatic nitrogens is 1. The minimum absolute atomic E-state index is 0.550. The van der Waals surface area contributed by atoms with Crippen molar-refractivity contribution in [2.45, 2.75) is 26.3 Å². The van der Waals surface area contributed by atoms with Gasteiger partial charge in [0.05, 0.1) is 0 Å². The van der Waals surface area contributed by atoms with Gasteiger partial charge in [0.25, 0.3) is 0 Å². The molecular weight excluding hydrogens is 194 g/mol. The summed E-state index contributed by atoms with van der Waals surface area (Å²) in [7, 11) is 0. The zero-order chi connectivity index (χ0) is 10.1. The van der Waals surface area contributed by atoms with Gasteiger partial charge >= 0.3 is 0 Å². The Kier molecular flexibility index (Phi) is 2.51. The number of halogens is 1. The Morgan fingerprint density at radius 1 is 1.36 bits per heavy atom. The summed E-state index contributed by atoms with van der Waals surface area (Å²) in [6.07, 6.45) is 3.28. The molecule has 1 atom stereocenters. The van der Waals surface area contributed by atoms with E-state index >= 15 is 0 Å². The van der Waals surface area contributed by atoms with Crippen molar-refractivity contribution in [3.8, 4) is 0 Å². The first-order valence-electron chi connectivity index (χ1n) is 4.98. The second kappa shape index (κ2) is 3.66. The molecule has 2 aromatic rings. The number of hydrogen-bond acceptors (Lipinski definition) is 0. The van der Waals surface area contributed by atoms with Crippen molar-refractivity contribution < 1.29 is 0 Å². The molecule has 0 amide bonds. The predicted octanol–water partition coefficient (Wildman–Crippen LogP) is 4.27.